The van der Waals surface area contributed by atoms with E-state index in [-0.39, 0.29) is 24.4 Å². The standard InChI is InChI=1S/C13H17ClN2O.ClH/c1-9(15)5-6-13(17)16-8-7-10-11(14)3-2-4-12(10)16;/h2-4,9H,5-8,15H2,1H3;1H. The number of rotatable bonds is 3. The monoisotopic (exact) mass is 288 g/mol. The predicted molar refractivity (Wildman–Crippen MR) is 77.6 cm³/mol. The van der Waals surface area contributed by atoms with Crippen LogP contribution < -0.4 is 10.6 Å². The summed E-state index contributed by atoms with van der Waals surface area (Å²) in [4.78, 5) is 13.9. The summed E-state index contributed by atoms with van der Waals surface area (Å²) in [7, 11) is 0. The maximum atomic E-state index is 12.1. The van der Waals surface area contributed by atoms with Crippen LogP contribution in [0.25, 0.3) is 0 Å². The van der Waals surface area contributed by atoms with Crippen LogP contribution in [0.5, 0.6) is 0 Å². The van der Waals surface area contributed by atoms with Crippen LogP contribution in [0.1, 0.15) is 25.3 Å². The van der Waals surface area contributed by atoms with E-state index in [9.17, 15) is 4.79 Å². The third kappa shape index (κ3) is 3.16. The first-order valence-corrected chi connectivity index (χ1v) is 6.30. The van der Waals surface area contributed by atoms with Crippen LogP contribution in [0.15, 0.2) is 18.2 Å². The van der Waals surface area contributed by atoms with Gasteiger partial charge in [-0.1, -0.05) is 17.7 Å². The van der Waals surface area contributed by atoms with Crippen molar-refractivity contribution in [2.75, 3.05) is 11.4 Å². The van der Waals surface area contributed by atoms with Gasteiger partial charge in [-0.3, -0.25) is 4.79 Å². The first-order valence-electron chi connectivity index (χ1n) is 5.93. The third-order valence-corrected chi connectivity index (χ3v) is 3.44. The molecule has 0 saturated carbocycles. The minimum absolute atomic E-state index is 0. The number of benzene rings is 1. The lowest BCUT2D eigenvalue weighted by Gasteiger charge is -2.18. The molecule has 0 radical (unpaired) electrons. The summed E-state index contributed by atoms with van der Waals surface area (Å²) in [6, 6.07) is 5.78. The highest BCUT2D eigenvalue weighted by Crippen LogP contribution is 2.33. The maximum absolute atomic E-state index is 12.1. The number of hydrogen-bond acceptors (Lipinski definition) is 2. The Morgan fingerprint density at radius 2 is 2.28 bits per heavy atom. The summed E-state index contributed by atoms with van der Waals surface area (Å²) in [5, 5.41) is 0.755. The van der Waals surface area contributed by atoms with E-state index >= 15 is 0 Å². The van der Waals surface area contributed by atoms with Gasteiger partial charge in [0.2, 0.25) is 5.91 Å². The van der Waals surface area contributed by atoms with E-state index < -0.39 is 0 Å². The van der Waals surface area contributed by atoms with Gasteiger partial charge in [-0.15, -0.1) is 12.4 Å². The SMILES string of the molecule is CC(N)CCC(=O)N1CCc2c(Cl)cccc21.Cl. The second kappa shape index (κ2) is 6.41. The molecule has 1 unspecified atom stereocenters. The Morgan fingerprint density at radius 3 is 2.94 bits per heavy atom. The van der Waals surface area contributed by atoms with Crippen LogP contribution in [0.2, 0.25) is 5.02 Å². The van der Waals surface area contributed by atoms with Gasteiger partial charge in [0.15, 0.2) is 0 Å². The predicted octanol–water partition coefficient (Wildman–Crippen LogP) is 2.78. The van der Waals surface area contributed by atoms with Crippen LogP contribution >= 0.6 is 24.0 Å². The zero-order valence-electron chi connectivity index (χ0n) is 10.4. The van der Waals surface area contributed by atoms with E-state index in [1.807, 2.05) is 30.0 Å². The van der Waals surface area contributed by atoms with Crippen molar-refractivity contribution in [3.8, 4) is 0 Å². The highest BCUT2D eigenvalue weighted by Gasteiger charge is 2.25. The van der Waals surface area contributed by atoms with Gasteiger partial charge in [-0.2, -0.15) is 0 Å². The van der Waals surface area contributed by atoms with E-state index in [0.717, 1.165) is 35.7 Å². The Labute approximate surface area is 119 Å². The van der Waals surface area contributed by atoms with Gasteiger partial charge < -0.3 is 10.6 Å². The second-order valence-corrected chi connectivity index (χ2v) is 4.96. The van der Waals surface area contributed by atoms with Crippen molar-refractivity contribution < 1.29 is 4.79 Å². The van der Waals surface area contributed by atoms with Crippen LogP contribution in [0.3, 0.4) is 0 Å². The highest BCUT2D eigenvalue weighted by molar-refractivity contribution is 6.32. The maximum Gasteiger partial charge on any atom is 0.227 e. The molecule has 1 aliphatic rings. The number of anilines is 1. The molecule has 1 aromatic carbocycles. The average Bonchev–Trinajstić information content (AvgIpc) is 2.71. The fraction of sp³-hybridized carbons (Fsp3) is 0.462. The fourth-order valence-electron chi connectivity index (χ4n) is 2.14. The fourth-order valence-corrected chi connectivity index (χ4v) is 2.40. The molecule has 100 valence electrons. The zero-order chi connectivity index (χ0) is 12.4. The van der Waals surface area contributed by atoms with Crippen molar-refractivity contribution in [1.82, 2.24) is 0 Å². The van der Waals surface area contributed by atoms with Crippen molar-refractivity contribution >= 4 is 35.6 Å². The van der Waals surface area contributed by atoms with Gasteiger partial charge in [-0.05, 0) is 37.5 Å². The minimum atomic E-state index is 0. The molecule has 1 aliphatic heterocycles. The quantitative estimate of drug-likeness (QED) is 0.930. The summed E-state index contributed by atoms with van der Waals surface area (Å²) in [6.45, 7) is 2.65. The van der Waals surface area contributed by atoms with Gasteiger partial charge >= 0.3 is 0 Å². The number of carbonyl (C=O) groups is 1. The first kappa shape index (κ1) is 15.3. The molecule has 18 heavy (non-hydrogen) atoms. The van der Waals surface area contributed by atoms with Gasteiger partial charge in [0.05, 0.1) is 0 Å². The minimum Gasteiger partial charge on any atom is -0.328 e. The third-order valence-electron chi connectivity index (χ3n) is 3.08. The Bertz CT molecular complexity index is 435. The zero-order valence-corrected chi connectivity index (χ0v) is 11.9. The molecule has 0 aromatic heterocycles. The van der Waals surface area contributed by atoms with Crippen LogP contribution in [-0.4, -0.2) is 18.5 Å². The molecule has 2 rings (SSSR count). The van der Waals surface area contributed by atoms with Crippen molar-refractivity contribution in [3.05, 3.63) is 28.8 Å². The van der Waals surface area contributed by atoms with Crippen molar-refractivity contribution in [1.29, 1.82) is 0 Å². The van der Waals surface area contributed by atoms with Crippen molar-refractivity contribution in [2.24, 2.45) is 5.73 Å². The Balaban J connectivity index is 0.00000162. The average molecular weight is 289 g/mol. The topological polar surface area (TPSA) is 46.3 Å². The van der Waals surface area contributed by atoms with Crippen LogP contribution in [0, 0.1) is 0 Å². The molecule has 0 saturated heterocycles. The first-order chi connectivity index (χ1) is 8.09. The van der Waals surface area contributed by atoms with Gasteiger partial charge in [-0.25, -0.2) is 0 Å². The van der Waals surface area contributed by atoms with Crippen LogP contribution in [-0.2, 0) is 11.2 Å². The van der Waals surface area contributed by atoms with Gasteiger partial charge in [0.25, 0.3) is 0 Å². The second-order valence-electron chi connectivity index (χ2n) is 4.55. The summed E-state index contributed by atoms with van der Waals surface area (Å²) < 4.78 is 0. The molecular formula is C13H18Cl2N2O. The molecule has 2 N–H and O–H groups in total. The summed E-state index contributed by atoms with van der Waals surface area (Å²) in [5.74, 6) is 0.142. The van der Waals surface area contributed by atoms with E-state index in [1.54, 1.807) is 0 Å². The summed E-state index contributed by atoms with van der Waals surface area (Å²) in [5.41, 5.74) is 7.72. The molecule has 0 aliphatic carbocycles. The van der Waals surface area contributed by atoms with E-state index in [2.05, 4.69) is 0 Å². The molecule has 0 bridgehead atoms. The molecule has 0 fully saturated rings. The summed E-state index contributed by atoms with van der Waals surface area (Å²) >= 11 is 6.11. The molecule has 0 spiro atoms. The number of nitrogens with two attached hydrogens (primary N) is 1. The number of halogens is 2. The number of nitrogens with zero attached hydrogens (tertiary/aromatic N) is 1. The highest BCUT2D eigenvalue weighted by atomic mass is 35.5. The Morgan fingerprint density at radius 1 is 1.56 bits per heavy atom. The number of amides is 1. The normalized spacial score (nSPS) is 14.9. The molecule has 1 amide bonds. The van der Waals surface area contributed by atoms with Gasteiger partial charge in [0, 0.05) is 29.7 Å². The molecule has 1 heterocycles. The van der Waals surface area contributed by atoms with Crippen LogP contribution in [0.4, 0.5) is 5.69 Å². The largest absolute Gasteiger partial charge is 0.328 e. The lowest BCUT2D eigenvalue weighted by Crippen LogP contribution is -2.30. The van der Waals surface area contributed by atoms with Crippen molar-refractivity contribution in [3.63, 3.8) is 0 Å². The molecule has 5 heteroatoms. The van der Waals surface area contributed by atoms with Crippen molar-refractivity contribution in [2.45, 2.75) is 32.2 Å². The van der Waals surface area contributed by atoms with E-state index in [4.69, 9.17) is 17.3 Å². The Kier molecular flexibility index (Phi) is 5.45. The van der Waals surface area contributed by atoms with Gasteiger partial charge in [0.1, 0.15) is 0 Å². The number of hydrogen-bond donors (Lipinski definition) is 1. The van der Waals surface area contributed by atoms with E-state index in [0.29, 0.717) is 6.42 Å². The lowest BCUT2D eigenvalue weighted by molar-refractivity contribution is -0.118. The smallest absolute Gasteiger partial charge is 0.227 e. The molecule has 1 aromatic rings. The van der Waals surface area contributed by atoms with E-state index in [1.165, 1.54) is 0 Å². The molecular weight excluding hydrogens is 271 g/mol. The molecule has 1 atom stereocenters. The Hall–Kier alpha value is -0.770. The number of fused-ring (bicyclic) bond motifs is 1. The summed E-state index contributed by atoms with van der Waals surface area (Å²) in [6.07, 6.45) is 2.08. The number of carbonyl (C=O) groups excluding carboxylic acids is 1. The lowest BCUT2D eigenvalue weighted by atomic mass is 10.1. The molecule has 3 nitrogen and oxygen atoms in total.